The van der Waals surface area contributed by atoms with E-state index in [-0.39, 0.29) is 18.2 Å². The summed E-state index contributed by atoms with van der Waals surface area (Å²) in [5.41, 5.74) is -0.495. The fourth-order valence-corrected chi connectivity index (χ4v) is 1.30. The minimum absolute atomic E-state index is 0.216. The van der Waals surface area contributed by atoms with Crippen LogP contribution >= 0.6 is 0 Å². The van der Waals surface area contributed by atoms with Crippen LogP contribution in [0.5, 0.6) is 0 Å². The van der Waals surface area contributed by atoms with Crippen LogP contribution < -0.4 is 5.32 Å². The molecule has 1 rings (SSSR count). The number of anilines is 1. The molecule has 0 bridgehead atoms. The molecule has 0 aliphatic heterocycles. The Bertz CT molecular complexity index is 441. The average Bonchev–Trinajstić information content (AvgIpc) is 2.35. The van der Waals surface area contributed by atoms with Gasteiger partial charge in [0.25, 0.3) is 0 Å². The van der Waals surface area contributed by atoms with Crippen LogP contribution in [0.1, 0.15) is 26.3 Å². The molecular formula is C14H18F3NO2. The van der Waals surface area contributed by atoms with Crippen LogP contribution in [0, 0.1) is 11.8 Å². The summed E-state index contributed by atoms with van der Waals surface area (Å²) in [7, 11) is 0. The van der Waals surface area contributed by atoms with Gasteiger partial charge in [0, 0.05) is 5.69 Å². The Morgan fingerprint density at radius 3 is 2.20 bits per heavy atom. The highest BCUT2D eigenvalue weighted by Crippen LogP contribution is 2.29. The summed E-state index contributed by atoms with van der Waals surface area (Å²) in [5, 5.41) is 2.39. The Hall–Kier alpha value is -1.72. The lowest BCUT2D eigenvalue weighted by molar-refractivity contribution is -0.137. The van der Waals surface area contributed by atoms with Crippen LogP contribution in [-0.2, 0) is 10.9 Å². The van der Waals surface area contributed by atoms with E-state index in [0.29, 0.717) is 5.92 Å². The minimum atomic E-state index is -4.38. The van der Waals surface area contributed by atoms with Gasteiger partial charge in [-0.2, -0.15) is 13.2 Å². The Morgan fingerprint density at radius 1 is 1.20 bits per heavy atom. The van der Waals surface area contributed by atoms with Crippen molar-refractivity contribution in [1.82, 2.24) is 0 Å². The maximum absolute atomic E-state index is 12.4. The van der Waals surface area contributed by atoms with Crippen LogP contribution in [0.2, 0.25) is 0 Å². The molecule has 0 fully saturated rings. The summed E-state index contributed by atoms with van der Waals surface area (Å²) < 4.78 is 42.1. The third-order valence-corrected chi connectivity index (χ3v) is 3.07. The predicted octanol–water partition coefficient (Wildman–Crippen LogP) is 4.55. The molecule has 1 aromatic carbocycles. The van der Waals surface area contributed by atoms with E-state index in [9.17, 15) is 18.0 Å². The van der Waals surface area contributed by atoms with E-state index < -0.39 is 17.8 Å². The SMILES string of the molecule is CC(C)[C@@H](C)COC(=O)Nc1ccc(C(F)(F)F)cc1. The standard InChI is InChI=1S/C14H18F3NO2/c1-9(2)10(3)8-20-13(19)18-12-6-4-11(5-7-12)14(15,16)17/h4-7,9-10H,8H2,1-3H3,(H,18,19)/t10-/m0/s1. The van der Waals surface area contributed by atoms with E-state index in [0.717, 1.165) is 12.1 Å². The molecule has 0 aliphatic rings. The summed E-state index contributed by atoms with van der Waals surface area (Å²) >= 11 is 0. The van der Waals surface area contributed by atoms with Gasteiger partial charge in [0.1, 0.15) is 0 Å². The highest BCUT2D eigenvalue weighted by atomic mass is 19.4. The molecular weight excluding hydrogens is 271 g/mol. The lowest BCUT2D eigenvalue weighted by atomic mass is 10.00. The van der Waals surface area contributed by atoms with Crippen LogP contribution in [0.4, 0.5) is 23.7 Å². The highest BCUT2D eigenvalue weighted by molar-refractivity contribution is 5.84. The van der Waals surface area contributed by atoms with Gasteiger partial charge in [-0.1, -0.05) is 20.8 Å². The van der Waals surface area contributed by atoms with Crippen molar-refractivity contribution in [3.8, 4) is 0 Å². The third-order valence-electron chi connectivity index (χ3n) is 3.07. The van der Waals surface area contributed by atoms with Crippen LogP contribution in [0.3, 0.4) is 0 Å². The van der Waals surface area contributed by atoms with Crippen molar-refractivity contribution in [2.75, 3.05) is 11.9 Å². The molecule has 6 heteroatoms. The molecule has 0 saturated carbocycles. The first-order valence-electron chi connectivity index (χ1n) is 6.31. The zero-order valence-corrected chi connectivity index (χ0v) is 11.6. The fourth-order valence-electron chi connectivity index (χ4n) is 1.30. The van der Waals surface area contributed by atoms with Gasteiger partial charge >= 0.3 is 12.3 Å². The number of carbonyl (C=O) groups excluding carboxylic acids is 1. The number of carbonyl (C=O) groups is 1. The van der Waals surface area contributed by atoms with Crippen LogP contribution in [-0.4, -0.2) is 12.7 Å². The van der Waals surface area contributed by atoms with E-state index in [1.54, 1.807) is 0 Å². The summed E-state index contributed by atoms with van der Waals surface area (Å²) in [6, 6.07) is 4.20. The molecule has 1 atom stereocenters. The minimum Gasteiger partial charge on any atom is -0.449 e. The Labute approximate surface area is 116 Å². The number of ether oxygens (including phenoxy) is 1. The van der Waals surface area contributed by atoms with E-state index in [2.05, 4.69) is 5.32 Å². The Morgan fingerprint density at radius 2 is 1.75 bits per heavy atom. The van der Waals surface area contributed by atoms with E-state index >= 15 is 0 Å². The van der Waals surface area contributed by atoms with E-state index in [4.69, 9.17) is 4.74 Å². The van der Waals surface area contributed by atoms with Crippen molar-refractivity contribution in [1.29, 1.82) is 0 Å². The van der Waals surface area contributed by atoms with E-state index in [1.165, 1.54) is 12.1 Å². The first-order chi connectivity index (χ1) is 9.20. The summed E-state index contributed by atoms with van der Waals surface area (Å²) in [4.78, 5) is 11.5. The number of hydrogen-bond acceptors (Lipinski definition) is 2. The molecule has 0 saturated heterocycles. The highest BCUT2D eigenvalue weighted by Gasteiger charge is 2.30. The number of hydrogen-bond donors (Lipinski definition) is 1. The first-order valence-corrected chi connectivity index (χ1v) is 6.31. The number of benzene rings is 1. The number of nitrogens with one attached hydrogen (secondary N) is 1. The van der Waals surface area contributed by atoms with Crippen molar-refractivity contribution in [3.63, 3.8) is 0 Å². The lowest BCUT2D eigenvalue weighted by Crippen LogP contribution is -2.20. The van der Waals surface area contributed by atoms with Gasteiger partial charge in [0.15, 0.2) is 0 Å². The molecule has 1 amide bonds. The normalized spacial score (nSPS) is 13.2. The second-order valence-corrected chi connectivity index (χ2v) is 5.02. The third kappa shape index (κ3) is 5.11. The molecule has 3 nitrogen and oxygen atoms in total. The number of halogens is 3. The van der Waals surface area contributed by atoms with Crippen molar-refractivity contribution >= 4 is 11.8 Å². The van der Waals surface area contributed by atoms with Gasteiger partial charge in [-0.15, -0.1) is 0 Å². The second-order valence-electron chi connectivity index (χ2n) is 5.02. The molecule has 0 aromatic heterocycles. The van der Waals surface area contributed by atoms with Gasteiger partial charge in [-0.05, 0) is 36.1 Å². The molecule has 112 valence electrons. The molecule has 0 spiro atoms. The number of rotatable bonds is 4. The monoisotopic (exact) mass is 289 g/mol. The lowest BCUT2D eigenvalue weighted by Gasteiger charge is -2.15. The zero-order valence-electron chi connectivity index (χ0n) is 11.6. The first kappa shape index (κ1) is 16.3. The van der Waals surface area contributed by atoms with Gasteiger partial charge in [-0.25, -0.2) is 4.79 Å². The quantitative estimate of drug-likeness (QED) is 0.883. The molecule has 0 heterocycles. The smallest absolute Gasteiger partial charge is 0.416 e. The number of amides is 1. The van der Waals surface area contributed by atoms with Crippen LogP contribution in [0.15, 0.2) is 24.3 Å². The summed E-state index contributed by atoms with van der Waals surface area (Å²) in [6.45, 7) is 6.25. The molecule has 20 heavy (non-hydrogen) atoms. The van der Waals surface area contributed by atoms with Crippen molar-refractivity contribution in [2.24, 2.45) is 11.8 Å². The average molecular weight is 289 g/mol. The maximum Gasteiger partial charge on any atom is 0.416 e. The maximum atomic E-state index is 12.4. The molecule has 0 aliphatic carbocycles. The van der Waals surface area contributed by atoms with Gasteiger partial charge in [0.2, 0.25) is 0 Å². The largest absolute Gasteiger partial charge is 0.449 e. The van der Waals surface area contributed by atoms with Crippen molar-refractivity contribution in [3.05, 3.63) is 29.8 Å². The van der Waals surface area contributed by atoms with Crippen molar-refractivity contribution in [2.45, 2.75) is 26.9 Å². The fraction of sp³-hybridized carbons (Fsp3) is 0.500. The van der Waals surface area contributed by atoms with Crippen molar-refractivity contribution < 1.29 is 22.7 Å². The second kappa shape index (κ2) is 6.63. The van der Waals surface area contributed by atoms with Gasteiger partial charge < -0.3 is 4.74 Å². The zero-order chi connectivity index (χ0) is 15.3. The number of alkyl halides is 3. The van der Waals surface area contributed by atoms with Crippen LogP contribution in [0.25, 0.3) is 0 Å². The Kier molecular flexibility index (Phi) is 5.42. The van der Waals surface area contributed by atoms with Gasteiger partial charge in [0.05, 0.1) is 12.2 Å². The predicted molar refractivity (Wildman–Crippen MR) is 70.4 cm³/mol. The van der Waals surface area contributed by atoms with Gasteiger partial charge in [-0.3, -0.25) is 5.32 Å². The molecule has 0 radical (unpaired) electrons. The summed E-state index contributed by atoms with van der Waals surface area (Å²) in [6.07, 6.45) is -5.05. The molecule has 1 aromatic rings. The summed E-state index contributed by atoms with van der Waals surface area (Å²) in [5.74, 6) is 0.599. The molecule has 1 N–H and O–H groups in total. The Balaban J connectivity index is 2.51. The van der Waals surface area contributed by atoms with E-state index in [1.807, 2.05) is 20.8 Å². The topological polar surface area (TPSA) is 38.3 Å². The molecule has 0 unspecified atom stereocenters.